The van der Waals surface area contributed by atoms with Crippen LogP contribution in [0.25, 0.3) is 28.1 Å². The van der Waals surface area contributed by atoms with E-state index in [0.29, 0.717) is 0 Å². The summed E-state index contributed by atoms with van der Waals surface area (Å²) in [6.45, 7) is 0.940. The van der Waals surface area contributed by atoms with Gasteiger partial charge in [-0.15, -0.1) is 0 Å². The van der Waals surface area contributed by atoms with Gasteiger partial charge in [-0.1, -0.05) is 54.6 Å². The van der Waals surface area contributed by atoms with Gasteiger partial charge in [0, 0.05) is 35.8 Å². The van der Waals surface area contributed by atoms with Crippen LogP contribution in [-0.4, -0.2) is 23.6 Å². The Bertz CT molecular complexity index is 1170. The van der Waals surface area contributed by atoms with E-state index in [1.165, 1.54) is 45.6 Å². The van der Waals surface area contributed by atoms with E-state index in [-0.39, 0.29) is 5.54 Å². The Balaban J connectivity index is 1.50. The second-order valence-electron chi connectivity index (χ2n) is 9.18. The summed E-state index contributed by atoms with van der Waals surface area (Å²) in [5.41, 5.74) is 21.0. The van der Waals surface area contributed by atoms with Gasteiger partial charge in [0.05, 0.1) is 17.1 Å². The van der Waals surface area contributed by atoms with Crippen LogP contribution in [0.2, 0.25) is 0 Å². The summed E-state index contributed by atoms with van der Waals surface area (Å²) < 4.78 is 0. The molecule has 0 saturated heterocycles. The predicted octanol–water partition coefficient (Wildman–Crippen LogP) is 4.86. The molecule has 2 aliphatic carbocycles. The number of aromatic nitrogens is 1. The number of benzene rings is 2. The Morgan fingerprint density at radius 3 is 2.42 bits per heavy atom. The van der Waals surface area contributed by atoms with Crippen molar-refractivity contribution in [1.82, 2.24) is 15.4 Å². The summed E-state index contributed by atoms with van der Waals surface area (Å²) in [5, 5.41) is 2.16. The third-order valence-electron chi connectivity index (χ3n) is 7.28. The lowest BCUT2D eigenvalue weighted by molar-refractivity contribution is 0.253. The Morgan fingerprint density at radius 1 is 0.935 bits per heavy atom. The van der Waals surface area contributed by atoms with Crippen molar-refractivity contribution in [3.63, 3.8) is 0 Å². The number of nitrogens with zero attached hydrogens (tertiary/aromatic N) is 2. The van der Waals surface area contributed by atoms with Gasteiger partial charge in [-0.05, 0) is 54.9 Å². The highest BCUT2D eigenvalue weighted by atomic mass is 15.5. The average molecular weight is 409 g/mol. The molecule has 3 aromatic rings. The van der Waals surface area contributed by atoms with E-state index in [1.807, 2.05) is 0 Å². The topological polar surface area (TPSA) is 54.2 Å². The quantitative estimate of drug-likeness (QED) is 0.650. The Labute approximate surface area is 183 Å². The molecule has 0 radical (unpaired) electrons. The molecular formula is C27H28N4. The number of nitrogens with two attached hydrogens (primary N) is 1. The maximum absolute atomic E-state index is 6.56. The van der Waals surface area contributed by atoms with Gasteiger partial charge in [0.2, 0.25) is 0 Å². The van der Waals surface area contributed by atoms with Gasteiger partial charge in [-0.3, -0.25) is 4.98 Å². The second kappa shape index (κ2) is 7.04. The van der Waals surface area contributed by atoms with Crippen molar-refractivity contribution < 1.29 is 0 Å². The van der Waals surface area contributed by atoms with Crippen LogP contribution in [0.5, 0.6) is 0 Å². The molecule has 156 valence electrons. The van der Waals surface area contributed by atoms with E-state index in [2.05, 4.69) is 78.1 Å². The van der Waals surface area contributed by atoms with Gasteiger partial charge in [-0.2, -0.15) is 0 Å². The summed E-state index contributed by atoms with van der Waals surface area (Å²) in [5.74, 6) is 0. The van der Waals surface area contributed by atoms with E-state index in [9.17, 15) is 0 Å². The van der Waals surface area contributed by atoms with Crippen LogP contribution in [0.4, 0.5) is 0 Å². The largest absolute Gasteiger partial charge is 0.321 e. The van der Waals surface area contributed by atoms with E-state index >= 15 is 0 Å². The van der Waals surface area contributed by atoms with Crippen LogP contribution >= 0.6 is 0 Å². The molecule has 1 saturated carbocycles. The number of rotatable bonds is 3. The molecule has 2 aromatic carbocycles. The van der Waals surface area contributed by atoms with Crippen molar-refractivity contribution >= 4 is 5.70 Å². The highest BCUT2D eigenvalue weighted by Crippen LogP contribution is 2.42. The maximum Gasteiger partial charge on any atom is 0.0784 e. The predicted molar refractivity (Wildman–Crippen MR) is 126 cm³/mol. The summed E-state index contributed by atoms with van der Waals surface area (Å²) in [6.07, 6.45) is 5.46. The van der Waals surface area contributed by atoms with Gasteiger partial charge in [0.25, 0.3) is 0 Å². The second-order valence-corrected chi connectivity index (χ2v) is 9.18. The molecule has 1 aromatic heterocycles. The van der Waals surface area contributed by atoms with E-state index in [4.69, 9.17) is 10.7 Å². The van der Waals surface area contributed by atoms with Crippen molar-refractivity contribution in [1.29, 1.82) is 0 Å². The molecule has 0 spiro atoms. The van der Waals surface area contributed by atoms with Crippen molar-refractivity contribution in [3.05, 3.63) is 83.1 Å². The molecule has 4 heteroatoms. The van der Waals surface area contributed by atoms with Crippen molar-refractivity contribution in [2.45, 2.75) is 37.6 Å². The lowest BCUT2D eigenvalue weighted by Crippen LogP contribution is -2.43. The monoisotopic (exact) mass is 408 g/mol. The van der Waals surface area contributed by atoms with Crippen LogP contribution in [0.15, 0.2) is 66.2 Å². The molecule has 3 aliphatic rings. The molecule has 3 N–H and O–H groups in total. The highest BCUT2D eigenvalue weighted by molar-refractivity contribution is 5.85. The first kappa shape index (κ1) is 18.8. The minimum Gasteiger partial charge on any atom is -0.321 e. The summed E-state index contributed by atoms with van der Waals surface area (Å²) in [6, 6.07) is 21.8. The minimum absolute atomic E-state index is 0.132. The number of fused-ring (bicyclic) bond motifs is 2. The first-order valence-corrected chi connectivity index (χ1v) is 11.3. The van der Waals surface area contributed by atoms with Crippen LogP contribution < -0.4 is 11.2 Å². The van der Waals surface area contributed by atoms with Gasteiger partial charge >= 0.3 is 0 Å². The molecule has 31 heavy (non-hydrogen) atoms. The molecule has 2 heterocycles. The van der Waals surface area contributed by atoms with Gasteiger partial charge in [-0.25, -0.2) is 5.43 Å². The first-order valence-electron chi connectivity index (χ1n) is 11.3. The molecule has 0 unspecified atom stereocenters. The zero-order valence-electron chi connectivity index (χ0n) is 18.0. The standard InChI is InChI=1S/C27H28N4/c1-31-26-20(17-29-31)10-13-24-23(26)16-22(18-6-3-2-4-7-18)25(30-24)19-8-11-21(12-9-19)27(28)14-5-15-27/h2-4,6-9,11-12,16,29H,5,10,13-15,17,28H2,1H3. The fourth-order valence-corrected chi connectivity index (χ4v) is 5.27. The minimum atomic E-state index is -0.132. The van der Waals surface area contributed by atoms with Crippen LogP contribution in [0.1, 0.15) is 42.5 Å². The van der Waals surface area contributed by atoms with E-state index < -0.39 is 0 Å². The average Bonchev–Trinajstić information content (AvgIpc) is 3.18. The molecule has 1 fully saturated rings. The number of aryl methyl sites for hydroxylation is 1. The van der Waals surface area contributed by atoms with Crippen molar-refractivity contribution in [2.24, 2.45) is 5.73 Å². The number of pyridine rings is 1. The van der Waals surface area contributed by atoms with Crippen molar-refractivity contribution in [3.8, 4) is 22.4 Å². The zero-order chi connectivity index (χ0) is 21.0. The van der Waals surface area contributed by atoms with Crippen LogP contribution in [0, 0.1) is 0 Å². The molecule has 0 bridgehead atoms. The number of hydrazine groups is 1. The highest BCUT2D eigenvalue weighted by Gasteiger charge is 2.34. The first-order chi connectivity index (χ1) is 15.1. The molecule has 0 amide bonds. The van der Waals surface area contributed by atoms with Gasteiger partial charge in [0.1, 0.15) is 0 Å². The van der Waals surface area contributed by atoms with E-state index in [0.717, 1.165) is 43.5 Å². The molecule has 1 aliphatic heterocycles. The fraction of sp³-hybridized carbons (Fsp3) is 0.296. The summed E-state index contributed by atoms with van der Waals surface area (Å²) in [7, 11) is 2.11. The van der Waals surface area contributed by atoms with Crippen LogP contribution in [0.3, 0.4) is 0 Å². The third kappa shape index (κ3) is 3.01. The van der Waals surface area contributed by atoms with Gasteiger partial charge in [0.15, 0.2) is 0 Å². The Kier molecular flexibility index (Phi) is 4.27. The zero-order valence-corrected chi connectivity index (χ0v) is 18.0. The molecule has 0 atom stereocenters. The normalized spacial score (nSPS) is 19.1. The Hall–Kier alpha value is -2.95. The lowest BCUT2D eigenvalue weighted by atomic mass is 9.72. The fourth-order valence-electron chi connectivity index (χ4n) is 5.27. The third-order valence-corrected chi connectivity index (χ3v) is 7.28. The SMILES string of the molecule is CN1NCC2=C1c1cc(-c3ccccc3)c(-c3ccc(C4(N)CCC4)cc3)nc1CC2. The summed E-state index contributed by atoms with van der Waals surface area (Å²) >= 11 is 0. The molecule has 6 rings (SSSR count). The van der Waals surface area contributed by atoms with E-state index in [1.54, 1.807) is 0 Å². The molecule has 4 nitrogen and oxygen atoms in total. The smallest absolute Gasteiger partial charge is 0.0784 e. The number of hydrogen-bond donors (Lipinski definition) is 2. The van der Waals surface area contributed by atoms with Crippen LogP contribution in [-0.2, 0) is 12.0 Å². The lowest BCUT2D eigenvalue weighted by Gasteiger charge is -2.38. The molecular weight excluding hydrogens is 380 g/mol. The summed E-state index contributed by atoms with van der Waals surface area (Å²) in [4.78, 5) is 5.26. The van der Waals surface area contributed by atoms with Crippen molar-refractivity contribution in [2.75, 3.05) is 13.6 Å². The Morgan fingerprint density at radius 2 is 1.71 bits per heavy atom. The number of hydrogen-bond acceptors (Lipinski definition) is 4. The number of nitrogens with one attached hydrogen (secondary N) is 1. The maximum atomic E-state index is 6.56. The van der Waals surface area contributed by atoms with Gasteiger partial charge < -0.3 is 10.7 Å².